The summed E-state index contributed by atoms with van der Waals surface area (Å²) in [6, 6.07) is 11.5. The maximum atomic E-state index is 12.7. The zero-order valence-corrected chi connectivity index (χ0v) is 13.6. The van der Waals surface area contributed by atoms with Crippen molar-refractivity contribution in [2.75, 3.05) is 13.1 Å². The average Bonchev–Trinajstić information content (AvgIpc) is 2.91. The molecule has 1 fully saturated rings. The van der Waals surface area contributed by atoms with E-state index in [4.69, 9.17) is 0 Å². The van der Waals surface area contributed by atoms with Crippen LogP contribution in [0, 0.1) is 12.8 Å². The van der Waals surface area contributed by atoms with Crippen molar-refractivity contribution in [3.63, 3.8) is 0 Å². The van der Waals surface area contributed by atoms with Crippen LogP contribution in [0.5, 0.6) is 0 Å². The van der Waals surface area contributed by atoms with E-state index >= 15 is 0 Å². The lowest BCUT2D eigenvalue weighted by molar-refractivity contribution is 0.464. The predicted octanol–water partition coefficient (Wildman–Crippen LogP) is 2.81. The molecule has 0 amide bonds. The number of pyridine rings is 1. The normalized spacial score (nSPS) is 22.8. The quantitative estimate of drug-likeness (QED) is 0.875. The monoisotopic (exact) mass is 316 g/mol. The van der Waals surface area contributed by atoms with Crippen LogP contribution < -0.4 is 0 Å². The summed E-state index contributed by atoms with van der Waals surface area (Å²) in [5, 5.41) is 0. The number of sulfonamides is 1. The van der Waals surface area contributed by atoms with Crippen LogP contribution in [0.1, 0.15) is 24.0 Å². The van der Waals surface area contributed by atoms with Crippen molar-refractivity contribution < 1.29 is 8.42 Å². The molecule has 1 aromatic heterocycles. The van der Waals surface area contributed by atoms with Crippen molar-refractivity contribution in [1.82, 2.24) is 9.29 Å². The molecule has 2 atom stereocenters. The predicted molar refractivity (Wildman–Crippen MR) is 86.1 cm³/mol. The number of benzene rings is 1. The van der Waals surface area contributed by atoms with E-state index in [1.54, 1.807) is 22.6 Å². The smallest absolute Gasteiger partial charge is 0.244 e. The summed E-state index contributed by atoms with van der Waals surface area (Å²) in [5.41, 5.74) is 2.47. The van der Waals surface area contributed by atoms with Crippen LogP contribution in [-0.4, -0.2) is 30.8 Å². The van der Waals surface area contributed by atoms with E-state index in [9.17, 15) is 8.42 Å². The molecule has 1 aromatic carbocycles. The first kappa shape index (κ1) is 15.2. The zero-order chi connectivity index (χ0) is 15.7. The molecule has 2 heterocycles. The standard InChI is InChI=1S/C17H20N2O2S/c1-13-6-3-4-8-16(13)17-12-19(11-14(17)2)22(20,21)15-7-5-9-18-10-15/h3-10,14,17H,11-12H2,1-2H3. The fourth-order valence-electron chi connectivity index (χ4n) is 3.18. The van der Waals surface area contributed by atoms with Gasteiger partial charge in [-0.15, -0.1) is 0 Å². The highest BCUT2D eigenvalue weighted by Crippen LogP contribution is 2.36. The van der Waals surface area contributed by atoms with Crippen molar-refractivity contribution in [2.45, 2.75) is 24.7 Å². The van der Waals surface area contributed by atoms with Gasteiger partial charge in [0, 0.05) is 31.4 Å². The molecule has 22 heavy (non-hydrogen) atoms. The lowest BCUT2D eigenvalue weighted by atomic mass is 9.88. The molecule has 0 spiro atoms. The van der Waals surface area contributed by atoms with Gasteiger partial charge in [0.15, 0.2) is 0 Å². The van der Waals surface area contributed by atoms with E-state index in [0.717, 1.165) is 0 Å². The van der Waals surface area contributed by atoms with Gasteiger partial charge in [-0.3, -0.25) is 4.98 Å². The molecule has 2 aromatic rings. The summed E-state index contributed by atoms with van der Waals surface area (Å²) in [4.78, 5) is 4.20. The Hall–Kier alpha value is -1.72. The van der Waals surface area contributed by atoms with E-state index in [1.165, 1.54) is 17.3 Å². The lowest BCUT2D eigenvalue weighted by Gasteiger charge is -2.18. The molecule has 116 valence electrons. The van der Waals surface area contributed by atoms with Gasteiger partial charge in [0.1, 0.15) is 4.90 Å². The van der Waals surface area contributed by atoms with Gasteiger partial charge in [-0.25, -0.2) is 8.42 Å². The topological polar surface area (TPSA) is 50.3 Å². The maximum Gasteiger partial charge on any atom is 0.244 e. The third kappa shape index (κ3) is 2.66. The van der Waals surface area contributed by atoms with Crippen LogP contribution in [0.3, 0.4) is 0 Å². The largest absolute Gasteiger partial charge is 0.263 e. The first-order valence-electron chi connectivity index (χ1n) is 7.46. The van der Waals surface area contributed by atoms with Crippen LogP contribution in [0.15, 0.2) is 53.7 Å². The number of aromatic nitrogens is 1. The molecule has 0 N–H and O–H groups in total. The Morgan fingerprint density at radius 1 is 1.14 bits per heavy atom. The Balaban J connectivity index is 1.89. The SMILES string of the molecule is Cc1ccccc1C1CN(S(=O)(=O)c2cccnc2)CC1C. The third-order valence-corrected chi connectivity index (χ3v) is 6.25. The Morgan fingerprint density at radius 2 is 1.91 bits per heavy atom. The van der Waals surface area contributed by atoms with Gasteiger partial charge in [-0.1, -0.05) is 31.2 Å². The molecule has 0 radical (unpaired) electrons. The van der Waals surface area contributed by atoms with Crippen molar-refractivity contribution in [2.24, 2.45) is 5.92 Å². The number of hydrogen-bond acceptors (Lipinski definition) is 3. The van der Waals surface area contributed by atoms with Gasteiger partial charge in [-0.05, 0) is 36.1 Å². The zero-order valence-electron chi connectivity index (χ0n) is 12.8. The van der Waals surface area contributed by atoms with E-state index in [2.05, 4.69) is 31.0 Å². The van der Waals surface area contributed by atoms with Crippen LogP contribution in [0.4, 0.5) is 0 Å². The van der Waals surface area contributed by atoms with Gasteiger partial charge >= 0.3 is 0 Å². The van der Waals surface area contributed by atoms with Gasteiger partial charge in [-0.2, -0.15) is 4.31 Å². The summed E-state index contributed by atoms with van der Waals surface area (Å²) in [6.07, 6.45) is 3.00. The lowest BCUT2D eigenvalue weighted by Crippen LogP contribution is -2.29. The van der Waals surface area contributed by atoms with Crippen LogP contribution >= 0.6 is 0 Å². The molecule has 1 aliphatic rings. The Bertz CT molecular complexity index is 759. The summed E-state index contributed by atoms with van der Waals surface area (Å²) in [7, 11) is -3.45. The molecule has 1 saturated heterocycles. The molecular formula is C17H20N2O2S. The summed E-state index contributed by atoms with van der Waals surface area (Å²) < 4.78 is 27.0. The van der Waals surface area contributed by atoms with Crippen molar-refractivity contribution >= 4 is 10.0 Å². The molecule has 3 rings (SSSR count). The first-order chi connectivity index (χ1) is 10.5. The Kier molecular flexibility index (Phi) is 4.02. The van der Waals surface area contributed by atoms with Gasteiger partial charge in [0.2, 0.25) is 10.0 Å². The van der Waals surface area contributed by atoms with E-state index in [1.807, 2.05) is 12.1 Å². The molecule has 5 heteroatoms. The Morgan fingerprint density at radius 3 is 2.59 bits per heavy atom. The number of rotatable bonds is 3. The van der Waals surface area contributed by atoms with Crippen LogP contribution in [0.25, 0.3) is 0 Å². The van der Waals surface area contributed by atoms with E-state index in [-0.39, 0.29) is 10.8 Å². The van der Waals surface area contributed by atoms with Crippen molar-refractivity contribution in [3.05, 3.63) is 59.9 Å². The minimum atomic E-state index is -3.45. The van der Waals surface area contributed by atoms with E-state index in [0.29, 0.717) is 19.0 Å². The minimum absolute atomic E-state index is 0.243. The molecular weight excluding hydrogens is 296 g/mol. The molecule has 0 bridgehead atoms. The third-order valence-electron chi connectivity index (χ3n) is 4.44. The summed E-state index contributed by atoms with van der Waals surface area (Å²) in [6.45, 7) is 5.29. The molecule has 4 nitrogen and oxygen atoms in total. The number of nitrogens with zero attached hydrogens (tertiary/aromatic N) is 2. The van der Waals surface area contributed by atoms with E-state index < -0.39 is 10.0 Å². The van der Waals surface area contributed by atoms with Crippen LogP contribution in [-0.2, 0) is 10.0 Å². The minimum Gasteiger partial charge on any atom is -0.263 e. The number of hydrogen-bond donors (Lipinski definition) is 0. The van der Waals surface area contributed by atoms with Crippen molar-refractivity contribution in [3.8, 4) is 0 Å². The molecule has 2 unspecified atom stereocenters. The summed E-state index contributed by atoms with van der Waals surface area (Å²) in [5.74, 6) is 0.542. The average molecular weight is 316 g/mol. The highest BCUT2D eigenvalue weighted by molar-refractivity contribution is 7.89. The van der Waals surface area contributed by atoms with Gasteiger partial charge in [0.25, 0.3) is 0 Å². The Labute approximate surface area is 131 Å². The highest BCUT2D eigenvalue weighted by Gasteiger charge is 2.38. The van der Waals surface area contributed by atoms with Gasteiger partial charge in [0.05, 0.1) is 0 Å². The first-order valence-corrected chi connectivity index (χ1v) is 8.90. The second-order valence-corrected chi connectivity index (χ2v) is 7.89. The maximum absolute atomic E-state index is 12.7. The molecule has 0 saturated carbocycles. The van der Waals surface area contributed by atoms with Crippen molar-refractivity contribution in [1.29, 1.82) is 0 Å². The molecule has 1 aliphatic heterocycles. The molecule has 0 aliphatic carbocycles. The fourth-order valence-corrected chi connectivity index (χ4v) is 4.71. The summed E-state index contributed by atoms with van der Waals surface area (Å²) >= 11 is 0. The number of aryl methyl sites for hydroxylation is 1. The highest BCUT2D eigenvalue weighted by atomic mass is 32.2. The van der Waals surface area contributed by atoms with Crippen LogP contribution in [0.2, 0.25) is 0 Å². The fraction of sp³-hybridized carbons (Fsp3) is 0.353. The van der Waals surface area contributed by atoms with Gasteiger partial charge < -0.3 is 0 Å². The second kappa shape index (κ2) is 5.82. The second-order valence-electron chi connectivity index (χ2n) is 5.95.